The third kappa shape index (κ3) is 4.18. The molecule has 0 spiro atoms. The van der Waals surface area contributed by atoms with Gasteiger partial charge in [-0.05, 0) is 56.6 Å². The highest BCUT2D eigenvalue weighted by Gasteiger charge is 2.30. The molecule has 0 bridgehead atoms. The van der Waals surface area contributed by atoms with Crippen molar-refractivity contribution in [3.8, 4) is 0 Å². The number of rotatable bonds is 6. The summed E-state index contributed by atoms with van der Waals surface area (Å²) in [6.45, 7) is 4.50. The minimum atomic E-state index is 0.292. The van der Waals surface area contributed by atoms with Gasteiger partial charge in [0.15, 0.2) is 0 Å². The second-order valence-electron chi connectivity index (χ2n) is 5.10. The molecule has 2 rings (SSSR count). The Bertz CT molecular complexity index is 250. The quantitative estimate of drug-likeness (QED) is 0.785. The van der Waals surface area contributed by atoms with E-state index in [1.807, 2.05) is 4.90 Å². The van der Waals surface area contributed by atoms with Crippen LogP contribution in [0.3, 0.4) is 0 Å². The molecule has 2 aliphatic rings. The van der Waals surface area contributed by atoms with E-state index >= 15 is 0 Å². The molecule has 3 nitrogen and oxygen atoms in total. The van der Waals surface area contributed by atoms with Gasteiger partial charge >= 0.3 is 0 Å². The van der Waals surface area contributed by atoms with E-state index in [1.165, 1.54) is 37.2 Å². The van der Waals surface area contributed by atoms with E-state index in [-0.39, 0.29) is 0 Å². The molecule has 0 aromatic rings. The molecule has 1 saturated carbocycles. The van der Waals surface area contributed by atoms with Crippen LogP contribution in [0.5, 0.6) is 0 Å². The topological polar surface area (TPSA) is 32.3 Å². The van der Waals surface area contributed by atoms with Gasteiger partial charge in [0.1, 0.15) is 0 Å². The first-order valence-electron chi connectivity index (χ1n) is 6.89. The molecule has 2 fully saturated rings. The van der Waals surface area contributed by atoms with Gasteiger partial charge < -0.3 is 10.2 Å². The van der Waals surface area contributed by atoms with Crippen LogP contribution in [0.4, 0.5) is 0 Å². The lowest BCUT2D eigenvalue weighted by molar-refractivity contribution is -0.130. The summed E-state index contributed by atoms with van der Waals surface area (Å²) in [4.78, 5) is 14.0. The maximum atomic E-state index is 12.0. The lowest BCUT2D eigenvalue weighted by Gasteiger charge is -2.23. The van der Waals surface area contributed by atoms with Gasteiger partial charge in [-0.3, -0.25) is 4.79 Å². The fraction of sp³-hybridized carbons (Fsp3) is 0.923. The van der Waals surface area contributed by atoms with Crippen LogP contribution in [0.15, 0.2) is 0 Å². The van der Waals surface area contributed by atoms with E-state index in [9.17, 15) is 4.79 Å². The average Bonchev–Trinajstić information content (AvgIpc) is 3.16. The SMILES string of the molecule is CCN(C(=O)CNCC1CCSCC1)C1CC1. The van der Waals surface area contributed by atoms with Crippen molar-refractivity contribution in [3.05, 3.63) is 0 Å². The lowest BCUT2D eigenvalue weighted by Crippen LogP contribution is -2.40. The van der Waals surface area contributed by atoms with Gasteiger partial charge in [0.2, 0.25) is 5.91 Å². The second kappa shape index (κ2) is 6.64. The van der Waals surface area contributed by atoms with Crippen LogP contribution < -0.4 is 5.32 Å². The van der Waals surface area contributed by atoms with Gasteiger partial charge in [-0.1, -0.05) is 0 Å². The van der Waals surface area contributed by atoms with Gasteiger partial charge in [-0.2, -0.15) is 11.8 Å². The van der Waals surface area contributed by atoms with Crippen molar-refractivity contribution in [2.24, 2.45) is 5.92 Å². The van der Waals surface area contributed by atoms with E-state index in [4.69, 9.17) is 0 Å². The van der Waals surface area contributed by atoms with E-state index in [2.05, 4.69) is 24.0 Å². The van der Waals surface area contributed by atoms with Crippen LogP contribution in [0.25, 0.3) is 0 Å². The van der Waals surface area contributed by atoms with Gasteiger partial charge in [-0.25, -0.2) is 0 Å². The number of nitrogens with one attached hydrogen (secondary N) is 1. The molecule has 1 aliphatic heterocycles. The Morgan fingerprint density at radius 3 is 2.59 bits per heavy atom. The number of likely N-dealkylation sites (N-methyl/N-ethyl adjacent to an activating group) is 1. The predicted octanol–water partition coefficient (Wildman–Crippen LogP) is 1.73. The van der Waals surface area contributed by atoms with Crippen LogP contribution >= 0.6 is 11.8 Å². The molecule has 4 heteroatoms. The second-order valence-corrected chi connectivity index (χ2v) is 6.32. The lowest BCUT2D eigenvalue weighted by atomic mass is 10.0. The smallest absolute Gasteiger partial charge is 0.236 e. The number of thioether (sulfide) groups is 1. The minimum Gasteiger partial charge on any atom is -0.339 e. The molecule has 1 amide bonds. The van der Waals surface area contributed by atoms with Crippen LogP contribution in [0.1, 0.15) is 32.6 Å². The molecule has 1 saturated heterocycles. The van der Waals surface area contributed by atoms with E-state index in [0.717, 1.165) is 19.0 Å². The monoisotopic (exact) mass is 256 g/mol. The van der Waals surface area contributed by atoms with Crippen molar-refractivity contribution in [1.82, 2.24) is 10.2 Å². The van der Waals surface area contributed by atoms with Gasteiger partial charge in [0.05, 0.1) is 6.54 Å². The summed E-state index contributed by atoms with van der Waals surface area (Å²) in [6, 6.07) is 0.556. The van der Waals surface area contributed by atoms with Crippen molar-refractivity contribution in [3.63, 3.8) is 0 Å². The molecule has 98 valence electrons. The first kappa shape index (κ1) is 13.2. The van der Waals surface area contributed by atoms with Crippen molar-refractivity contribution in [1.29, 1.82) is 0 Å². The first-order chi connectivity index (χ1) is 8.31. The standard InChI is InChI=1S/C13H24N2OS/c1-2-15(12-3-4-12)13(16)10-14-9-11-5-7-17-8-6-11/h11-12,14H,2-10H2,1H3. The highest BCUT2D eigenvalue weighted by atomic mass is 32.2. The molecule has 0 unspecified atom stereocenters. The summed E-state index contributed by atoms with van der Waals surface area (Å²) >= 11 is 2.06. The zero-order valence-electron chi connectivity index (χ0n) is 10.8. The van der Waals surface area contributed by atoms with Crippen molar-refractivity contribution >= 4 is 17.7 Å². The summed E-state index contributed by atoms with van der Waals surface area (Å²) in [5, 5.41) is 3.35. The summed E-state index contributed by atoms with van der Waals surface area (Å²) in [5.74, 6) is 3.67. The predicted molar refractivity (Wildman–Crippen MR) is 73.3 cm³/mol. The van der Waals surface area contributed by atoms with E-state index in [0.29, 0.717) is 18.5 Å². The zero-order chi connectivity index (χ0) is 12.1. The highest BCUT2D eigenvalue weighted by Crippen LogP contribution is 2.26. The third-order valence-electron chi connectivity index (χ3n) is 3.70. The number of carbonyl (C=O) groups excluding carboxylic acids is 1. The minimum absolute atomic E-state index is 0.292. The molecule has 1 N–H and O–H groups in total. The molecule has 0 aromatic carbocycles. The fourth-order valence-corrected chi connectivity index (χ4v) is 3.66. The number of hydrogen-bond donors (Lipinski definition) is 1. The summed E-state index contributed by atoms with van der Waals surface area (Å²) in [5.41, 5.74) is 0. The molecular weight excluding hydrogens is 232 g/mol. The van der Waals surface area contributed by atoms with Crippen molar-refractivity contribution in [2.75, 3.05) is 31.1 Å². The van der Waals surface area contributed by atoms with E-state index in [1.54, 1.807) is 0 Å². The van der Waals surface area contributed by atoms with Gasteiger partial charge in [0, 0.05) is 12.6 Å². The Labute approximate surface area is 109 Å². The van der Waals surface area contributed by atoms with Gasteiger partial charge in [-0.15, -0.1) is 0 Å². The van der Waals surface area contributed by atoms with Crippen LogP contribution in [0, 0.1) is 5.92 Å². The number of carbonyl (C=O) groups is 1. The average molecular weight is 256 g/mol. The zero-order valence-corrected chi connectivity index (χ0v) is 11.6. The molecule has 1 heterocycles. The van der Waals surface area contributed by atoms with Crippen LogP contribution in [-0.2, 0) is 4.79 Å². The summed E-state index contributed by atoms with van der Waals surface area (Å²) < 4.78 is 0. The maximum Gasteiger partial charge on any atom is 0.236 e. The Balaban J connectivity index is 1.61. The fourth-order valence-electron chi connectivity index (χ4n) is 2.46. The van der Waals surface area contributed by atoms with Gasteiger partial charge in [0.25, 0.3) is 0 Å². The third-order valence-corrected chi connectivity index (χ3v) is 4.75. The van der Waals surface area contributed by atoms with Crippen molar-refractivity contribution < 1.29 is 4.79 Å². The molecule has 0 aromatic heterocycles. The Hall–Kier alpha value is -0.220. The Morgan fingerprint density at radius 2 is 2.00 bits per heavy atom. The molecule has 0 atom stereocenters. The molecule has 17 heavy (non-hydrogen) atoms. The largest absolute Gasteiger partial charge is 0.339 e. The number of hydrogen-bond acceptors (Lipinski definition) is 3. The highest BCUT2D eigenvalue weighted by molar-refractivity contribution is 7.99. The molecule has 0 radical (unpaired) electrons. The maximum absolute atomic E-state index is 12.0. The van der Waals surface area contributed by atoms with E-state index < -0.39 is 0 Å². The Kier molecular flexibility index (Phi) is 5.16. The van der Waals surface area contributed by atoms with Crippen molar-refractivity contribution in [2.45, 2.75) is 38.6 Å². The summed E-state index contributed by atoms with van der Waals surface area (Å²) in [6.07, 6.45) is 5.04. The molecular formula is C13H24N2OS. The number of amides is 1. The number of nitrogens with zero attached hydrogens (tertiary/aromatic N) is 1. The normalized spacial score (nSPS) is 21.5. The van der Waals surface area contributed by atoms with Crippen LogP contribution in [0.2, 0.25) is 0 Å². The first-order valence-corrected chi connectivity index (χ1v) is 8.04. The van der Waals surface area contributed by atoms with Crippen LogP contribution in [-0.4, -0.2) is 48.0 Å². The molecule has 1 aliphatic carbocycles. The summed E-state index contributed by atoms with van der Waals surface area (Å²) in [7, 11) is 0. The Morgan fingerprint density at radius 1 is 1.29 bits per heavy atom.